The van der Waals surface area contributed by atoms with Crippen molar-refractivity contribution in [1.82, 2.24) is 15.6 Å². The zero-order valence-corrected chi connectivity index (χ0v) is 14.6. The van der Waals surface area contributed by atoms with Gasteiger partial charge >= 0.3 is 6.36 Å². The summed E-state index contributed by atoms with van der Waals surface area (Å²) in [6, 6.07) is 7.96. The Balaban J connectivity index is 1.88. The van der Waals surface area contributed by atoms with Gasteiger partial charge in [-0.2, -0.15) is 0 Å². The molecule has 0 saturated heterocycles. The van der Waals surface area contributed by atoms with E-state index in [2.05, 4.69) is 25.3 Å². The second-order valence-electron chi connectivity index (χ2n) is 5.56. The number of rotatable bonds is 6. The van der Waals surface area contributed by atoms with Crippen molar-refractivity contribution in [2.45, 2.75) is 26.3 Å². The molecule has 0 fully saturated rings. The largest absolute Gasteiger partial charge is 0.573 e. The molecule has 0 spiro atoms. The molecule has 1 heterocycles. The van der Waals surface area contributed by atoms with Crippen molar-refractivity contribution in [3.8, 4) is 5.75 Å². The first-order valence-corrected chi connectivity index (χ1v) is 8.06. The van der Waals surface area contributed by atoms with E-state index in [4.69, 9.17) is 0 Å². The first-order chi connectivity index (χ1) is 12.4. The lowest BCUT2D eigenvalue weighted by Crippen LogP contribution is -2.38. The number of hydrogen-bond acceptors (Lipinski definition) is 3. The van der Waals surface area contributed by atoms with Gasteiger partial charge in [-0.3, -0.25) is 9.98 Å². The minimum Gasteiger partial charge on any atom is -0.405 e. The van der Waals surface area contributed by atoms with Crippen molar-refractivity contribution in [3.63, 3.8) is 0 Å². The van der Waals surface area contributed by atoms with E-state index < -0.39 is 6.36 Å². The van der Waals surface area contributed by atoms with Gasteiger partial charge in [-0.25, -0.2) is 0 Å². The van der Waals surface area contributed by atoms with Crippen LogP contribution in [0.3, 0.4) is 0 Å². The van der Waals surface area contributed by atoms with Gasteiger partial charge in [0.15, 0.2) is 5.96 Å². The van der Waals surface area contributed by atoms with Crippen LogP contribution in [0.5, 0.6) is 5.75 Å². The lowest BCUT2D eigenvalue weighted by molar-refractivity contribution is -0.274. The van der Waals surface area contributed by atoms with E-state index in [9.17, 15) is 13.2 Å². The predicted molar refractivity (Wildman–Crippen MR) is 94.0 cm³/mol. The molecule has 0 aliphatic heterocycles. The number of pyridine rings is 1. The molecule has 0 aliphatic rings. The molecule has 0 saturated carbocycles. The topological polar surface area (TPSA) is 58.5 Å². The highest BCUT2D eigenvalue weighted by atomic mass is 19.4. The maximum Gasteiger partial charge on any atom is 0.573 e. The number of aliphatic imine (C=N–C) groups is 1. The van der Waals surface area contributed by atoms with Crippen LogP contribution in [-0.2, 0) is 13.0 Å². The van der Waals surface area contributed by atoms with Crippen molar-refractivity contribution in [2.75, 3.05) is 13.6 Å². The summed E-state index contributed by atoms with van der Waals surface area (Å²) in [5, 5.41) is 6.13. The van der Waals surface area contributed by atoms with Crippen LogP contribution in [-0.4, -0.2) is 30.9 Å². The lowest BCUT2D eigenvalue weighted by Gasteiger charge is -2.15. The van der Waals surface area contributed by atoms with Crippen LogP contribution >= 0.6 is 0 Å². The number of ether oxygens (including phenoxy) is 1. The summed E-state index contributed by atoms with van der Waals surface area (Å²) < 4.78 is 41.4. The maximum atomic E-state index is 12.5. The summed E-state index contributed by atoms with van der Waals surface area (Å²) in [6.45, 7) is 2.78. The number of benzene rings is 1. The molecule has 8 heteroatoms. The molecule has 1 aromatic carbocycles. The summed E-state index contributed by atoms with van der Waals surface area (Å²) in [5.74, 6) is 0.272. The van der Waals surface area contributed by atoms with Gasteiger partial charge < -0.3 is 15.4 Å². The third-order valence-corrected chi connectivity index (χ3v) is 3.69. The minimum atomic E-state index is -4.72. The Hall–Kier alpha value is -2.77. The van der Waals surface area contributed by atoms with Gasteiger partial charge in [0.1, 0.15) is 5.75 Å². The number of para-hydroxylation sites is 1. The van der Waals surface area contributed by atoms with Crippen molar-refractivity contribution >= 4 is 5.96 Å². The summed E-state index contributed by atoms with van der Waals surface area (Å²) >= 11 is 0. The quantitative estimate of drug-likeness (QED) is 0.609. The third-order valence-electron chi connectivity index (χ3n) is 3.69. The molecule has 0 unspecified atom stereocenters. The van der Waals surface area contributed by atoms with Crippen molar-refractivity contribution in [2.24, 2.45) is 4.99 Å². The molecule has 0 bridgehead atoms. The summed E-state index contributed by atoms with van der Waals surface area (Å²) in [6.07, 6.45) is -0.395. The molecule has 0 radical (unpaired) electrons. The van der Waals surface area contributed by atoms with Crippen LogP contribution in [0.4, 0.5) is 13.2 Å². The highest BCUT2D eigenvalue weighted by Gasteiger charge is 2.31. The minimum absolute atomic E-state index is 0.153. The monoisotopic (exact) mass is 366 g/mol. The van der Waals surface area contributed by atoms with Crippen LogP contribution in [0, 0.1) is 6.92 Å². The molecular weight excluding hydrogens is 345 g/mol. The number of alkyl halides is 3. The molecule has 0 aliphatic carbocycles. The van der Waals surface area contributed by atoms with E-state index in [1.807, 2.05) is 13.0 Å². The Morgan fingerprint density at radius 1 is 1.15 bits per heavy atom. The Bertz CT molecular complexity index is 747. The molecular formula is C18H21F3N4O. The maximum absolute atomic E-state index is 12.5. The molecule has 2 rings (SSSR count). The Morgan fingerprint density at radius 3 is 2.62 bits per heavy atom. The SMILES string of the molecule is CN=C(NCCc1ccncc1C)NCc1ccccc1OC(F)(F)F. The summed E-state index contributed by atoms with van der Waals surface area (Å²) in [7, 11) is 1.60. The first-order valence-electron chi connectivity index (χ1n) is 8.06. The number of aromatic nitrogens is 1. The van der Waals surface area contributed by atoms with Crippen LogP contribution < -0.4 is 15.4 Å². The van der Waals surface area contributed by atoms with Crippen molar-refractivity contribution < 1.29 is 17.9 Å². The highest BCUT2D eigenvalue weighted by molar-refractivity contribution is 5.79. The van der Waals surface area contributed by atoms with Crippen LogP contribution in [0.1, 0.15) is 16.7 Å². The van der Waals surface area contributed by atoms with Crippen LogP contribution in [0.2, 0.25) is 0 Å². The number of halogens is 3. The molecule has 140 valence electrons. The first kappa shape index (κ1) is 19.6. The highest BCUT2D eigenvalue weighted by Crippen LogP contribution is 2.25. The van der Waals surface area contributed by atoms with Gasteiger partial charge in [0, 0.05) is 38.1 Å². The number of nitrogens with one attached hydrogen (secondary N) is 2. The molecule has 0 atom stereocenters. The number of nitrogens with zero attached hydrogens (tertiary/aromatic N) is 2. The second-order valence-corrected chi connectivity index (χ2v) is 5.56. The molecule has 26 heavy (non-hydrogen) atoms. The van der Waals surface area contributed by atoms with Gasteiger partial charge in [0.05, 0.1) is 0 Å². The zero-order chi connectivity index (χ0) is 19.0. The third kappa shape index (κ3) is 6.27. The summed E-state index contributed by atoms with van der Waals surface area (Å²) in [4.78, 5) is 8.13. The smallest absolute Gasteiger partial charge is 0.405 e. The van der Waals surface area contributed by atoms with Gasteiger partial charge in [-0.1, -0.05) is 18.2 Å². The van der Waals surface area contributed by atoms with Crippen LogP contribution in [0.15, 0.2) is 47.7 Å². The number of aryl methyl sites for hydroxylation is 1. The zero-order valence-electron chi connectivity index (χ0n) is 14.6. The fourth-order valence-electron chi connectivity index (χ4n) is 2.37. The molecule has 0 amide bonds. The normalized spacial score (nSPS) is 12.0. The van der Waals surface area contributed by atoms with E-state index in [1.54, 1.807) is 31.6 Å². The Morgan fingerprint density at radius 2 is 1.92 bits per heavy atom. The standard InChI is InChI=1S/C18H21F3N4O/c1-13-11-23-9-7-14(13)8-10-24-17(22-2)25-12-15-5-3-4-6-16(15)26-18(19,20)21/h3-7,9,11H,8,10,12H2,1-2H3,(H2,22,24,25). The fourth-order valence-corrected chi connectivity index (χ4v) is 2.37. The second kappa shape index (κ2) is 9.07. The van der Waals surface area contributed by atoms with Gasteiger partial charge in [0.25, 0.3) is 0 Å². The van der Waals surface area contributed by atoms with Crippen molar-refractivity contribution in [3.05, 3.63) is 59.4 Å². The fraction of sp³-hybridized carbons (Fsp3) is 0.333. The molecule has 2 N–H and O–H groups in total. The molecule has 5 nitrogen and oxygen atoms in total. The Kier molecular flexibility index (Phi) is 6.82. The Labute approximate surface area is 150 Å². The van der Waals surface area contributed by atoms with Crippen LogP contribution in [0.25, 0.3) is 0 Å². The van der Waals surface area contributed by atoms with E-state index in [1.165, 1.54) is 17.7 Å². The number of guanidine groups is 1. The molecule has 2 aromatic rings. The number of hydrogen-bond donors (Lipinski definition) is 2. The van der Waals surface area contributed by atoms with E-state index in [0.717, 1.165) is 12.0 Å². The molecule has 1 aromatic heterocycles. The van der Waals surface area contributed by atoms with Gasteiger partial charge in [0.2, 0.25) is 0 Å². The average Bonchev–Trinajstić information content (AvgIpc) is 2.59. The van der Waals surface area contributed by atoms with E-state index in [0.29, 0.717) is 18.1 Å². The van der Waals surface area contributed by atoms with E-state index in [-0.39, 0.29) is 12.3 Å². The van der Waals surface area contributed by atoms with E-state index >= 15 is 0 Å². The summed E-state index contributed by atoms with van der Waals surface area (Å²) in [5.41, 5.74) is 2.67. The van der Waals surface area contributed by atoms with Gasteiger partial charge in [-0.15, -0.1) is 13.2 Å². The lowest BCUT2D eigenvalue weighted by atomic mass is 10.1. The predicted octanol–water partition coefficient (Wildman–Crippen LogP) is 3.20. The van der Waals surface area contributed by atoms with Crippen molar-refractivity contribution in [1.29, 1.82) is 0 Å². The van der Waals surface area contributed by atoms with Gasteiger partial charge in [-0.05, 0) is 36.6 Å². The average molecular weight is 366 g/mol.